The van der Waals surface area contributed by atoms with Gasteiger partial charge in [0.15, 0.2) is 0 Å². The van der Waals surface area contributed by atoms with Crippen LogP contribution in [0.25, 0.3) is 0 Å². The Balaban J connectivity index is 2.29. The van der Waals surface area contributed by atoms with Crippen molar-refractivity contribution in [3.05, 3.63) is 24.0 Å². The Labute approximate surface area is 98.0 Å². The molecule has 0 aliphatic carbocycles. The van der Waals surface area contributed by atoms with Gasteiger partial charge in [0.05, 0.1) is 12.7 Å². The fraction of sp³-hybridized carbons (Fsp3) is 0.692. The first-order chi connectivity index (χ1) is 7.63. The minimum absolute atomic E-state index is 0.335. The summed E-state index contributed by atoms with van der Waals surface area (Å²) in [4.78, 5) is 0. The Morgan fingerprint density at radius 1 is 1.44 bits per heavy atom. The van der Waals surface area contributed by atoms with Crippen LogP contribution in [-0.4, -0.2) is 22.9 Å². The third-order valence-electron chi connectivity index (χ3n) is 2.49. The van der Waals surface area contributed by atoms with Crippen molar-refractivity contribution in [1.29, 1.82) is 0 Å². The molecule has 92 valence electrons. The lowest BCUT2D eigenvalue weighted by Gasteiger charge is -2.07. The normalized spacial score (nSPS) is 13.3. The number of aliphatic hydroxyl groups excluding tert-OH is 1. The summed E-state index contributed by atoms with van der Waals surface area (Å²) in [7, 11) is 0. The van der Waals surface area contributed by atoms with Gasteiger partial charge in [-0.3, -0.25) is 0 Å². The van der Waals surface area contributed by atoms with E-state index in [2.05, 4.69) is 18.4 Å². The highest BCUT2D eigenvalue weighted by Crippen LogP contribution is 2.15. The van der Waals surface area contributed by atoms with E-state index in [0.29, 0.717) is 5.92 Å². The maximum absolute atomic E-state index is 9.64. The monoisotopic (exact) mass is 225 g/mol. The van der Waals surface area contributed by atoms with E-state index in [4.69, 9.17) is 4.74 Å². The van der Waals surface area contributed by atoms with Crippen molar-refractivity contribution in [2.75, 3.05) is 13.2 Å². The zero-order valence-corrected chi connectivity index (χ0v) is 10.5. The van der Waals surface area contributed by atoms with Crippen LogP contribution < -0.4 is 0 Å². The summed E-state index contributed by atoms with van der Waals surface area (Å²) in [6.45, 7) is 8.66. The quantitative estimate of drug-likeness (QED) is 0.724. The van der Waals surface area contributed by atoms with Gasteiger partial charge in [-0.15, -0.1) is 0 Å². The van der Waals surface area contributed by atoms with Crippen molar-refractivity contribution in [3.8, 4) is 0 Å². The number of nitrogens with zero attached hydrogens (tertiary/aromatic N) is 1. The Kier molecular flexibility index (Phi) is 5.56. The zero-order valence-electron chi connectivity index (χ0n) is 10.5. The van der Waals surface area contributed by atoms with Crippen LogP contribution in [0.1, 0.15) is 38.9 Å². The predicted molar refractivity (Wildman–Crippen MR) is 65.3 cm³/mol. The average Bonchev–Trinajstić information content (AvgIpc) is 2.71. The van der Waals surface area contributed by atoms with Crippen molar-refractivity contribution < 1.29 is 9.84 Å². The van der Waals surface area contributed by atoms with Gasteiger partial charge < -0.3 is 14.4 Å². The zero-order chi connectivity index (χ0) is 12.0. The molecule has 1 unspecified atom stereocenters. The fourth-order valence-corrected chi connectivity index (χ4v) is 1.52. The van der Waals surface area contributed by atoms with Gasteiger partial charge in [0, 0.05) is 25.5 Å². The average molecular weight is 225 g/mol. The molecule has 0 amide bonds. The minimum atomic E-state index is -0.335. The highest BCUT2D eigenvalue weighted by molar-refractivity contribution is 5.13. The Morgan fingerprint density at radius 2 is 2.19 bits per heavy atom. The fourth-order valence-electron chi connectivity index (χ4n) is 1.52. The second-order valence-corrected chi connectivity index (χ2v) is 4.58. The van der Waals surface area contributed by atoms with Crippen LogP contribution in [0.4, 0.5) is 0 Å². The first-order valence-electron chi connectivity index (χ1n) is 6.05. The van der Waals surface area contributed by atoms with Crippen LogP contribution in [-0.2, 0) is 11.3 Å². The summed E-state index contributed by atoms with van der Waals surface area (Å²) in [6.07, 6.45) is 4.41. The van der Waals surface area contributed by atoms with E-state index in [1.807, 2.05) is 25.4 Å². The van der Waals surface area contributed by atoms with Crippen molar-refractivity contribution in [3.63, 3.8) is 0 Å². The number of ether oxygens (including phenoxy) is 1. The van der Waals surface area contributed by atoms with Gasteiger partial charge in [0.2, 0.25) is 0 Å². The lowest BCUT2D eigenvalue weighted by Crippen LogP contribution is -2.08. The number of aliphatic hydroxyl groups is 1. The van der Waals surface area contributed by atoms with Crippen molar-refractivity contribution in [2.45, 2.75) is 39.8 Å². The van der Waals surface area contributed by atoms with Crippen LogP contribution in [0.3, 0.4) is 0 Å². The molecule has 0 spiro atoms. The Hall–Kier alpha value is -0.800. The van der Waals surface area contributed by atoms with E-state index < -0.39 is 0 Å². The van der Waals surface area contributed by atoms with E-state index in [1.165, 1.54) is 0 Å². The minimum Gasteiger partial charge on any atom is -0.388 e. The summed E-state index contributed by atoms with van der Waals surface area (Å²) < 4.78 is 7.58. The molecule has 1 aromatic heterocycles. The molecule has 1 heterocycles. The molecule has 0 radical (unpaired) electrons. The van der Waals surface area contributed by atoms with Gasteiger partial charge in [-0.05, 0) is 24.0 Å². The molecule has 3 heteroatoms. The molecule has 0 aliphatic rings. The number of hydrogen-bond acceptors (Lipinski definition) is 2. The van der Waals surface area contributed by atoms with E-state index in [0.717, 1.165) is 31.7 Å². The van der Waals surface area contributed by atoms with Crippen LogP contribution >= 0.6 is 0 Å². The summed E-state index contributed by atoms with van der Waals surface area (Å²) in [5, 5.41) is 9.64. The molecule has 0 fully saturated rings. The number of aromatic nitrogens is 1. The molecule has 16 heavy (non-hydrogen) atoms. The van der Waals surface area contributed by atoms with Crippen molar-refractivity contribution in [1.82, 2.24) is 4.57 Å². The first-order valence-corrected chi connectivity index (χ1v) is 6.05. The SMILES string of the molecule is CCC(O)c1ccn(CCOCC(C)C)c1. The summed E-state index contributed by atoms with van der Waals surface area (Å²) in [5.41, 5.74) is 0.992. The summed E-state index contributed by atoms with van der Waals surface area (Å²) in [5.74, 6) is 0.585. The van der Waals surface area contributed by atoms with E-state index in [-0.39, 0.29) is 6.10 Å². The van der Waals surface area contributed by atoms with Gasteiger partial charge in [-0.25, -0.2) is 0 Å². The van der Waals surface area contributed by atoms with E-state index >= 15 is 0 Å². The molecule has 1 rings (SSSR count). The van der Waals surface area contributed by atoms with Crippen LogP contribution in [0.2, 0.25) is 0 Å². The number of hydrogen-bond donors (Lipinski definition) is 1. The highest BCUT2D eigenvalue weighted by Gasteiger charge is 2.05. The van der Waals surface area contributed by atoms with Crippen LogP contribution in [0, 0.1) is 5.92 Å². The maximum Gasteiger partial charge on any atom is 0.0802 e. The lowest BCUT2D eigenvalue weighted by atomic mass is 10.1. The van der Waals surface area contributed by atoms with Gasteiger partial charge in [-0.1, -0.05) is 20.8 Å². The van der Waals surface area contributed by atoms with E-state index in [1.54, 1.807) is 0 Å². The molecule has 3 nitrogen and oxygen atoms in total. The van der Waals surface area contributed by atoms with Gasteiger partial charge in [0.1, 0.15) is 0 Å². The number of rotatable bonds is 7. The van der Waals surface area contributed by atoms with Crippen molar-refractivity contribution in [2.24, 2.45) is 5.92 Å². The summed E-state index contributed by atoms with van der Waals surface area (Å²) in [6, 6.07) is 1.97. The molecular weight excluding hydrogens is 202 g/mol. The predicted octanol–water partition coefficient (Wildman–Crippen LogP) is 2.60. The lowest BCUT2D eigenvalue weighted by molar-refractivity contribution is 0.103. The third kappa shape index (κ3) is 4.37. The van der Waals surface area contributed by atoms with Crippen LogP contribution in [0.15, 0.2) is 18.5 Å². The molecule has 1 N–H and O–H groups in total. The molecular formula is C13H23NO2. The Bertz CT molecular complexity index is 294. The summed E-state index contributed by atoms with van der Waals surface area (Å²) >= 11 is 0. The smallest absolute Gasteiger partial charge is 0.0802 e. The topological polar surface area (TPSA) is 34.4 Å². The molecule has 0 bridgehead atoms. The van der Waals surface area contributed by atoms with Crippen molar-refractivity contribution >= 4 is 0 Å². The molecule has 1 aromatic rings. The molecule has 0 saturated heterocycles. The van der Waals surface area contributed by atoms with Crippen LogP contribution in [0.5, 0.6) is 0 Å². The second-order valence-electron chi connectivity index (χ2n) is 4.58. The van der Waals surface area contributed by atoms with Gasteiger partial charge in [-0.2, -0.15) is 0 Å². The first kappa shape index (κ1) is 13.3. The molecule has 0 saturated carbocycles. The van der Waals surface area contributed by atoms with Gasteiger partial charge in [0.25, 0.3) is 0 Å². The third-order valence-corrected chi connectivity index (χ3v) is 2.49. The largest absolute Gasteiger partial charge is 0.388 e. The highest BCUT2D eigenvalue weighted by atomic mass is 16.5. The molecule has 0 aliphatic heterocycles. The maximum atomic E-state index is 9.64. The molecule has 1 atom stereocenters. The standard InChI is InChI=1S/C13H23NO2/c1-4-13(15)12-5-6-14(9-12)7-8-16-10-11(2)3/h5-6,9,11,13,15H,4,7-8,10H2,1-3H3. The molecule has 0 aromatic carbocycles. The second kappa shape index (κ2) is 6.71. The van der Waals surface area contributed by atoms with Gasteiger partial charge >= 0.3 is 0 Å². The Morgan fingerprint density at radius 3 is 2.81 bits per heavy atom. The van der Waals surface area contributed by atoms with E-state index in [9.17, 15) is 5.11 Å².